The van der Waals surface area contributed by atoms with Crippen LogP contribution in [-0.2, 0) is 0 Å². The summed E-state index contributed by atoms with van der Waals surface area (Å²) < 4.78 is 0. The van der Waals surface area contributed by atoms with Gasteiger partial charge in [0.2, 0.25) is 0 Å². The van der Waals surface area contributed by atoms with Crippen LogP contribution in [0.4, 0.5) is 0 Å². The molecule has 2 unspecified atom stereocenters. The van der Waals surface area contributed by atoms with Gasteiger partial charge in [-0.25, -0.2) is 0 Å². The third-order valence-electron chi connectivity index (χ3n) is 3.41. The molecular formula is C13H29NO2. The van der Waals surface area contributed by atoms with Crippen LogP contribution in [-0.4, -0.2) is 35.0 Å². The first-order valence-electron chi connectivity index (χ1n) is 6.18. The van der Waals surface area contributed by atoms with E-state index in [2.05, 4.69) is 26.1 Å². The molecule has 3 nitrogen and oxygen atoms in total. The van der Waals surface area contributed by atoms with Crippen LogP contribution < -0.4 is 5.32 Å². The highest BCUT2D eigenvalue weighted by Gasteiger charge is 2.29. The molecule has 0 aromatic rings. The summed E-state index contributed by atoms with van der Waals surface area (Å²) in [6.45, 7) is 13.0. The van der Waals surface area contributed by atoms with Gasteiger partial charge in [0.1, 0.15) is 0 Å². The Morgan fingerprint density at radius 2 is 1.62 bits per heavy atom. The monoisotopic (exact) mass is 231 g/mol. The van der Waals surface area contributed by atoms with Crippen molar-refractivity contribution in [1.29, 1.82) is 0 Å². The minimum atomic E-state index is -0.695. The number of nitrogens with one attached hydrogen (secondary N) is 1. The highest BCUT2D eigenvalue weighted by Crippen LogP contribution is 2.23. The zero-order valence-electron chi connectivity index (χ0n) is 11.7. The van der Waals surface area contributed by atoms with Crippen LogP contribution in [0, 0.1) is 11.3 Å². The average molecular weight is 231 g/mol. The van der Waals surface area contributed by atoms with Gasteiger partial charge in [-0.1, -0.05) is 34.6 Å². The van der Waals surface area contributed by atoms with Crippen LogP contribution >= 0.6 is 0 Å². The van der Waals surface area contributed by atoms with Crippen molar-refractivity contribution in [2.24, 2.45) is 11.3 Å². The predicted molar refractivity (Wildman–Crippen MR) is 68.4 cm³/mol. The number of hydrogen-bond acceptors (Lipinski definition) is 3. The normalized spacial score (nSPS) is 18.6. The maximum absolute atomic E-state index is 10.1. The zero-order chi connectivity index (χ0) is 13.0. The summed E-state index contributed by atoms with van der Waals surface area (Å²) in [5, 5.41) is 22.6. The molecule has 0 aliphatic carbocycles. The van der Waals surface area contributed by atoms with Gasteiger partial charge in [-0.3, -0.25) is 0 Å². The molecule has 0 aliphatic rings. The second-order valence-corrected chi connectivity index (χ2v) is 6.32. The standard InChI is InChI=1S/C13H29NO2/c1-10(2)13(6,16)9-14-11(7-8-15)12(3,4)5/h10-11,14-16H,7-9H2,1-6H3. The zero-order valence-corrected chi connectivity index (χ0v) is 11.7. The van der Waals surface area contributed by atoms with Gasteiger partial charge in [0, 0.05) is 19.2 Å². The van der Waals surface area contributed by atoms with Crippen molar-refractivity contribution < 1.29 is 10.2 Å². The molecule has 0 saturated heterocycles. The lowest BCUT2D eigenvalue weighted by atomic mass is 9.84. The molecule has 0 rings (SSSR count). The van der Waals surface area contributed by atoms with Crippen molar-refractivity contribution in [3.8, 4) is 0 Å². The summed E-state index contributed by atoms with van der Waals surface area (Å²) in [4.78, 5) is 0. The maximum Gasteiger partial charge on any atom is 0.0766 e. The molecule has 3 N–H and O–H groups in total. The number of aliphatic hydroxyl groups is 2. The minimum absolute atomic E-state index is 0.0930. The number of rotatable bonds is 6. The van der Waals surface area contributed by atoms with E-state index in [-0.39, 0.29) is 24.0 Å². The molecule has 0 saturated carbocycles. The lowest BCUT2D eigenvalue weighted by molar-refractivity contribution is 0.00687. The Labute approximate surface area is 100 Å². The van der Waals surface area contributed by atoms with E-state index < -0.39 is 5.60 Å². The van der Waals surface area contributed by atoms with Crippen LogP contribution in [0.15, 0.2) is 0 Å². The largest absolute Gasteiger partial charge is 0.396 e. The summed E-state index contributed by atoms with van der Waals surface area (Å²) in [6.07, 6.45) is 0.720. The fourth-order valence-electron chi connectivity index (χ4n) is 1.50. The van der Waals surface area contributed by atoms with Gasteiger partial charge in [-0.05, 0) is 24.7 Å². The topological polar surface area (TPSA) is 52.5 Å². The van der Waals surface area contributed by atoms with E-state index in [0.29, 0.717) is 6.54 Å². The molecule has 2 atom stereocenters. The summed E-state index contributed by atoms with van der Waals surface area (Å²) in [7, 11) is 0. The van der Waals surface area contributed by atoms with E-state index in [1.165, 1.54) is 0 Å². The number of hydrogen-bond donors (Lipinski definition) is 3. The molecule has 0 aromatic heterocycles. The molecule has 16 heavy (non-hydrogen) atoms. The molecule has 0 heterocycles. The van der Waals surface area contributed by atoms with Gasteiger partial charge in [0.05, 0.1) is 5.60 Å². The van der Waals surface area contributed by atoms with Gasteiger partial charge >= 0.3 is 0 Å². The third-order valence-corrected chi connectivity index (χ3v) is 3.41. The molecule has 0 aliphatic heterocycles. The highest BCUT2D eigenvalue weighted by molar-refractivity contribution is 4.85. The summed E-state index contributed by atoms with van der Waals surface area (Å²) in [5.74, 6) is 0.217. The Kier molecular flexibility index (Phi) is 5.94. The van der Waals surface area contributed by atoms with Crippen molar-refractivity contribution in [3.05, 3.63) is 0 Å². The van der Waals surface area contributed by atoms with E-state index >= 15 is 0 Å². The van der Waals surface area contributed by atoms with Gasteiger partial charge in [-0.2, -0.15) is 0 Å². The maximum atomic E-state index is 10.1. The lowest BCUT2D eigenvalue weighted by Gasteiger charge is -2.36. The summed E-state index contributed by atoms with van der Waals surface area (Å²) in [6, 6.07) is 0.225. The molecule has 0 bridgehead atoms. The summed E-state index contributed by atoms with van der Waals surface area (Å²) in [5.41, 5.74) is -0.602. The van der Waals surface area contributed by atoms with E-state index in [1.54, 1.807) is 0 Å². The first kappa shape index (κ1) is 15.9. The minimum Gasteiger partial charge on any atom is -0.396 e. The van der Waals surface area contributed by atoms with Crippen LogP contribution in [0.25, 0.3) is 0 Å². The molecule has 98 valence electrons. The first-order chi connectivity index (χ1) is 7.11. The van der Waals surface area contributed by atoms with Crippen molar-refractivity contribution in [2.45, 2.75) is 59.6 Å². The quantitative estimate of drug-likeness (QED) is 0.653. The highest BCUT2D eigenvalue weighted by atomic mass is 16.3. The van der Waals surface area contributed by atoms with E-state index in [0.717, 1.165) is 6.42 Å². The Balaban J connectivity index is 4.33. The van der Waals surface area contributed by atoms with Gasteiger partial charge in [-0.15, -0.1) is 0 Å². The van der Waals surface area contributed by atoms with E-state index in [4.69, 9.17) is 5.11 Å². The van der Waals surface area contributed by atoms with Crippen LogP contribution in [0.2, 0.25) is 0 Å². The molecule has 0 radical (unpaired) electrons. The Morgan fingerprint density at radius 1 is 1.12 bits per heavy atom. The second kappa shape index (κ2) is 5.99. The average Bonchev–Trinajstić information content (AvgIpc) is 2.09. The molecule has 0 fully saturated rings. The molecule has 0 spiro atoms. The molecular weight excluding hydrogens is 202 g/mol. The van der Waals surface area contributed by atoms with Crippen molar-refractivity contribution in [1.82, 2.24) is 5.32 Å². The Hall–Kier alpha value is -0.120. The van der Waals surface area contributed by atoms with E-state index in [9.17, 15) is 5.11 Å². The Morgan fingerprint density at radius 3 is 1.94 bits per heavy atom. The smallest absolute Gasteiger partial charge is 0.0766 e. The first-order valence-corrected chi connectivity index (χ1v) is 6.18. The second-order valence-electron chi connectivity index (χ2n) is 6.32. The van der Waals surface area contributed by atoms with Crippen LogP contribution in [0.1, 0.15) is 48.0 Å². The van der Waals surface area contributed by atoms with Crippen molar-refractivity contribution in [2.75, 3.05) is 13.2 Å². The fraction of sp³-hybridized carbons (Fsp3) is 1.00. The van der Waals surface area contributed by atoms with E-state index in [1.807, 2.05) is 20.8 Å². The predicted octanol–water partition coefficient (Wildman–Crippen LogP) is 1.78. The van der Waals surface area contributed by atoms with Gasteiger partial charge in [0.25, 0.3) is 0 Å². The SMILES string of the molecule is CC(C)C(C)(O)CNC(CCO)C(C)(C)C. The number of aliphatic hydroxyl groups excluding tert-OH is 1. The fourth-order valence-corrected chi connectivity index (χ4v) is 1.50. The molecule has 0 aromatic carbocycles. The van der Waals surface area contributed by atoms with Crippen LogP contribution in [0.3, 0.4) is 0 Å². The molecule has 0 amide bonds. The third kappa shape index (κ3) is 5.28. The summed E-state index contributed by atoms with van der Waals surface area (Å²) >= 11 is 0. The Bertz CT molecular complexity index is 195. The molecule has 3 heteroatoms. The van der Waals surface area contributed by atoms with Crippen molar-refractivity contribution >= 4 is 0 Å². The lowest BCUT2D eigenvalue weighted by Crippen LogP contribution is -2.50. The van der Waals surface area contributed by atoms with Gasteiger partial charge < -0.3 is 15.5 Å². The van der Waals surface area contributed by atoms with Crippen molar-refractivity contribution in [3.63, 3.8) is 0 Å². The van der Waals surface area contributed by atoms with Crippen LogP contribution in [0.5, 0.6) is 0 Å². The van der Waals surface area contributed by atoms with Gasteiger partial charge in [0.15, 0.2) is 0 Å².